The highest BCUT2D eigenvalue weighted by Gasteiger charge is 2.27. The summed E-state index contributed by atoms with van der Waals surface area (Å²) in [4.78, 5) is 2.66. The Bertz CT molecular complexity index is 388. The summed E-state index contributed by atoms with van der Waals surface area (Å²) in [6.45, 7) is 4.72. The summed E-state index contributed by atoms with van der Waals surface area (Å²) in [5.74, 6) is 0. The van der Waals surface area contributed by atoms with Crippen LogP contribution in [-0.4, -0.2) is 25.2 Å². The van der Waals surface area contributed by atoms with Crippen molar-refractivity contribution in [2.75, 3.05) is 18.0 Å². The summed E-state index contributed by atoms with van der Waals surface area (Å²) >= 11 is 0. The monoisotopic (exact) mass is 230 g/mol. The van der Waals surface area contributed by atoms with E-state index in [-0.39, 0.29) is 0 Å². The molecule has 2 heteroatoms. The smallest absolute Gasteiger partial charge is 0.0401 e. The summed E-state index contributed by atoms with van der Waals surface area (Å²) in [5, 5.41) is 3.55. The number of rotatable bonds is 1. The van der Waals surface area contributed by atoms with Gasteiger partial charge in [0.05, 0.1) is 0 Å². The third kappa shape index (κ3) is 2.19. The lowest BCUT2D eigenvalue weighted by Gasteiger charge is -2.41. The Kier molecular flexibility index (Phi) is 3.06. The molecule has 0 aromatic heterocycles. The maximum Gasteiger partial charge on any atom is 0.0401 e. The number of nitrogens with one attached hydrogen (secondary N) is 1. The van der Waals surface area contributed by atoms with Crippen molar-refractivity contribution in [1.29, 1.82) is 0 Å². The van der Waals surface area contributed by atoms with Crippen molar-refractivity contribution in [2.24, 2.45) is 0 Å². The second-order valence-corrected chi connectivity index (χ2v) is 5.46. The molecule has 1 N–H and O–H groups in total. The number of para-hydroxylation sites is 1. The van der Waals surface area contributed by atoms with Gasteiger partial charge in [-0.2, -0.15) is 0 Å². The van der Waals surface area contributed by atoms with E-state index in [1.54, 1.807) is 5.56 Å². The fourth-order valence-corrected chi connectivity index (χ4v) is 3.33. The molecule has 17 heavy (non-hydrogen) atoms. The molecule has 0 aliphatic carbocycles. The van der Waals surface area contributed by atoms with E-state index in [4.69, 9.17) is 0 Å². The Morgan fingerprint density at radius 3 is 3.06 bits per heavy atom. The highest BCUT2D eigenvalue weighted by atomic mass is 15.2. The van der Waals surface area contributed by atoms with Gasteiger partial charge in [0, 0.05) is 24.3 Å². The Hall–Kier alpha value is -1.02. The van der Waals surface area contributed by atoms with Crippen LogP contribution in [0, 0.1) is 0 Å². The lowest BCUT2D eigenvalue weighted by atomic mass is 9.94. The number of piperidine rings is 1. The molecule has 2 atom stereocenters. The van der Waals surface area contributed by atoms with Crippen molar-refractivity contribution in [3.05, 3.63) is 29.8 Å². The molecule has 0 bridgehead atoms. The molecule has 2 aliphatic rings. The van der Waals surface area contributed by atoms with E-state index in [9.17, 15) is 0 Å². The van der Waals surface area contributed by atoms with E-state index < -0.39 is 0 Å². The second-order valence-electron chi connectivity index (χ2n) is 5.46. The van der Waals surface area contributed by atoms with Gasteiger partial charge in [-0.25, -0.2) is 0 Å². The lowest BCUT2D eigenvalue weighted by molar-refractivity contribution is 0.359. The van der Waals surface area contributed by atoms with Gasteiger partial charge >= 0.3 is 0 Å². The van der Waals surface area contributed by atoms with Gasteiger partial charge in [0.1, 0.15) is 0 Å². The normalized spacial score (nSPS) is 28.9. The van der Waals surface area contributed by atoms with Crippen LogP contribution in [0.2, 0.25) is 0 Å². The number of hydrogen-bond donors (Lipinski definition) is 1. The first-order chi connectivity index (χ1) is 8.34. The van der Waals surface area contributed by atoms with Crippen LogP contribution < -0.4 is 10.2 Å². The van der Waals surface area contributed by atoms with E-state index >= 15 is 0 Å². The molecule has 1 fully saturated rings. The van der Waals surface area contributed by atoms with E-state index in [1.807, 2.05) is 0 Å². The van der Waals surface area contributed by atoms with Crippen LogP contribution in [0.15, 0.2) is 24.3 Å². The van der Waals surface area contributed by atoms with Gasteiger partial charge in [-0.15, -0.1) is 0 Å². The van der Waals surface area contributed by atoms with Crippen molar-refractivity contribution in [1.82, 2.24) is 5.32 Å². The highest BCUT2D eigenvalue weighted by molar-refractivity contribution is 5.56. The van der Waals surface area contributed by atoms with Crippen LogP contribution in [0.5, 0.6) is 0 Å². The van der Waals surface area contributed by atoms with Crippen LogP contribution in [0.3, 0.4) is 0 Å². The van der Waals surface area contributed by atoms with Crippen LogP contribution in [0.4, 0.5) is 5.69 Å². The summed E-state index contributed by atoms with van der Waals surface area (Å²) in [5.41, 5.74) is 3.04. The van der Waals surface area contributed by atoms with Gasteiger partial charge in [-0.05, 0) is 50.8 Å². The largest absolute Gasteiger partial charge is 0.368 e. The van der Waals surface area contributed by atoms with Gasteiger partial charge < -0.3 is 10.2 Å². The zero-order chi connectivity index (χ0) is 11.7. The summed E-state index contributed by atoms with van der Waals surface area (Å²) < 4.78 is 0. The predicted octanol–water partition coefficient (Wildman–Crippen LogP) is 2.58. The molecule has 3 rings (SSSR count). The molecule has 2 unspecified atom stereocenters. The molecule has 2 heterocycles. The van der Waals surface area contributed by atoms with Crippen molar-refractivity contribution in [3.63, 3.8) is 0 Å². The number of nitrogens with zero attached hydrogens (tertiary/aromatic N) is 1. The predicted molar refractivity (Wildman–Crippen MR) is 72.6 cm³/mol. The number of aryl methyl sites for hydroxylation is 1. The van der Waals surface area contributed by atoms with Crippen LogP contribution >= 0.6 is 0 Å². The molecule has 0 spiro atoms. The topological polar surface area (TPSA) is 15.3 Å². The molecule has 0 radical (unpaired) electrons. The van der Waals surface area contributed by atoms with Gasteiger partial charge in [0.2, 0.25) is 0 Å². The van der Waals surface area contributed by atoms with E-state index in [2.05, 4.69) is 41.4 Å². The first kappa shape index (κ1) is 11.1. The molecule has 0 saturated carbocycles. The Balaban J connectivity index is 1.84. The van der Waals surface area contributed by atoms with E-state index in [0.29, 0.717) is 6.04 Å². The standard InChI is InChI=1S/C15H22N2/c1-12-11-14(8-9-16-12)17-10-4-6-13-5-2-3-7-15(13)17/h2-3,5,7,12,14,16H,4,6,8-11H2,1H3. The van der Waals surface area contributed by atoms with Gasteiger partial charge in [0.15, 0.2) is 0 Å². The van der Waals surface area contributed by atoms with E-state index in [1.165, 1.54) is 44.5 Å². The first-order valence-electron chi connectivity index (χ1n) is 6.92. The summed E-state index contributed by atoms with van der Waals surface area (Å²) in [6, 6.07) is 10.4. The summed E-state index contributed by atoms with van der Waals surface area (Å²) in [6.07, 6.45) is 5.15. The molecule has 1 aromatic carbocycles. The van der Waals surface area contributed by atoms with Crippen molar-refractivity contribution < 1.29 is 0 Å². The first-order valence-corrected chi connectivity index (χ1v) is 6.92. The molecule has 1 saturated heterocycles. The third-order valence-electron chi connectivity index (χ3n) is 4.18. The minimum absolute atomic E-state index is 0.669. The minimum Gasteiger partial charge on any atom is -0.368 e. The molecular formula is C15H22N2. The van der Waals surface area contributed by atoms with Crippen molar-refractivity contribution >= 4 is 5.69 Å². The lowest BCUT2D eigenvalue weighted by Crippen LogP contribution is -2.48. The molecule has 2 aliphatic heterocycles. The SMILES string of the molecule is CC1CC(N2CCCc3ccccc32)CCN1. The Labute approximate surface area is 104 Å². The molecule has 92 valence electrons. The number of benzene rings is 1. The average molecular weight is 230 g/mol. The fourth-order valence-electron chi connectivity index (χ4n) is 3.33. The van der Waals surface area contributed by atoms with Crippen LogP contribution in [0.1, 0.15) is 31.7 Å². The van der Waals surface area contributed by atoms with E-state index in [0.717, 1.165) is 6.04 Å². The van der Waals surface area contributed by atoms with Crippen LogP contribution in [-0.2, 0) is 6.42 Å². The third-order valence-corrected chi connectivity index (χ3v) is 4.18. The fraction of sp³-hybridized carbons (Fsp3) is 0.600. The molecule has 0 amide bonds. The molecule has 1 aromatic rings. The zero-order valence-electron chi connectivity index (χ0n) is 10.7. The van der Waals surface area contributed by atoms with Gasteiger partial charge in [0.25, 0.3) is 0 Å². The minimum atomic E-state index is 0.669. The Morgan fingerprint density at radius 1 is 1.29 bits per heavy atom. The molecule has 2 nitrogen and oxygen atoms in total. The zero-order valence-corrected chi connectivity index (χ0v) is 10.7. The average Bonchev–Trinajstić information content (AvgIpc) is 2.38. The van der Waals surface area contributed by atoms with Gasteiger partial charge in [-0.3, -0.25) is 0 Å². The highest BCUT2D eigenvalue weighted by Crippen LogP contribution is 2.31. The maximum atomic E-state index is 3.55. The number of anilines is 1. The van der Waals surface area contributed by atoms with Crippen LogP contribution in [0.25, 0.3) is 0 Å². The summed E-state index contributed by atoms with van der Waals surface area (Å²) in [7, 11) is 0. The van der Waals surface area contributed by atoms with Gasteiger partial charge in [-0.1, -0.05) is 18.2 Å². The van der Waals surface area contributed by atoms with Crippen molar-refractivity contribution in [3.8, 4) is 0 Å². The number of fused-ring (bicyclic) bond motifs is 1. The molecular weight excluding hydrogens is 208 g/mol. The Morgan fingerprint density at radius 2 is 2.18 bits per heavy atom. The second kappa shape index (κ2) is 4.69. The maximum absolute atomic E-state index is 3.55. The quantitative estimate of drug-likeness (QED) is 0.797. The van der Waals surface area contributed by atoms with Crippen molar-refractivity contribution in [2.45, 2.75) is 44.7 Å². The number of hydrogen-bond acceptors (Lipinski definition) is 2.